The number of piperidine rings is 1. The highest BCUT2D eigenvalue weighted by molar-refractivity contribution is 7.89. The van der Waals surface area contributed by atoms with Gasteiger partial charge in [-0.25, -0.2) is 23.1 Å². The zero-order valence-corrected chi connectivity index (χ0v) is 19.2. The molecule has 2 aromatic heterocycles. The minimum Gasteiger partial charge on any atom is -0.414 e. The lowest BCUT2D eigenvalue weighted by molar-refractivity contribution is 0.571. The maximum absolute atomic E-state index is 11.8. The number of nitrogens with zero attached hydrogens (tertiary/aromatic N) is 5. The molecule has 12 heteroatoms. The van der Waals surface area contributed by atoms with Crippen LogP contribution < -0.4 is 20.7 Å². The Morgan fingerprint density at radius 1 is 1.15 bits per heavy atom. The van der Waals surface area contributed by atoms with Crippen LogP contribution in [0.2, 0.25) is 0 Å². The normalized spacial score (nSPS) is 21.9. The fourth-order valence-electron chi connectivity index (χ4n) is 4.28. The number of benzene rings is 1. The topological polar surface area (TPSA) is 152 Å². The van der Waals surface area contributed by atoms with E-state index in [-0.39, 0.29) is 35.3 Å². The Morgan fingerprint density at radius 2 is 1.85 bits per heavy atom. The quantitative estimate of drug-likeness (QED) is 0.432. The molecule has 0 spiro atoms. The first-order valence-electron chi connectivity index (χ1n) is 10.8. The van der Waals surface area contributed by atoms with Crippen LogP contribution in [0.1, 0.15) is 12.5 Å². The van der Waals surface area contributed by atoms with E-state index in [1.807, 2.05) is 31.3 Å². The van der Waals surface area contributed by atoms with Crippen LogP contribution in [-0.4, -0.2) is 60.5 Å². The Morgan fingerprint density at radius 3 is 2.52 bits per heavy atom. The Hall–Kier alpha value is -3.09. The number of nitrogens with one attached hydrogen (secondary N) is 2. The molecule has 1 saturated carbocycles. The molecular weight excluding hydrogens is 444 g/mol. The number of hydrogen-bond acceptors (Lipinski definition) is 10. The Labute approximate surface area is 191 Å². The average molecular weight is 471 g/mol. The summed E-state index contributed by atoms with van der Waals surface area (Å²) in [6, 6.07) is 7.85. The molecule has 2 unspecified atom stereocenters. The summed E-state index contributed by atoms with van der Waals surface area (Å²) < 4.78 is 32.3. The first-order valence-corrected chi connectivity index (χ1v) is 12.5. The van der Waals surface area contributed by atoms with Crippen molar-refractivity contribution in [1.29, 1.82) is 0 Å². The summed E-state index contributed by atoms with van der Waals surface area (Å²) in [6.07, 6.45) is 1.62. The first-order chi connectivity index (χ1) is 15.9. The summed E-state index contributed by atoms with van der Waals surface area (Å²) >= 11 is 0. The Balaban J connectivity index is 1.31. The molecule has 33 heavy (non-hydrogen) atoms. The number of nitrogen functional groups attached to an aromatic ring is 1. The molecule has 0 amide bonds. The van der Waals surface area contributed by atoms with Gasteiger partial charge in [-0.1, -0.05) is 12.1 Å². The largest absolute Gasteiger partial charge is 0.414 e. The van der Waals surface area contributed by atoms with E-state index in [2.05, 4.69) is 35.1 Å². The molecule has 11 nitrogen and oxygen atoms in total. The van der Waals surface area contributed by atoms with Crippen molar-refractivity contribution >= 4 is 21.7 Å². The third kappa shape index (κ3) is 4.28. The fraction of sp³-hybridized carbons (Fsp3) is 0.429. The third-order valence-electron chi connectivity index (χ3n) is 6.21. The maximum Gasteiger partial charge on any atom is 0.270 e. The second kappa shape index (κ2) is 8.36. The summed E-state index contributed by atoms with van der Waals surface area (Å²) in [7, 11) is -1.30. The van der Waals surface area contributed by atoms with Gasteiger partial charge in [0.25, 0.3) is 5.89 Å². The zero-order valence-electron chi connectivity index (χ0n) is 18.4. The minimum absolute atomic E-state index is 0.00501. The summed E-state index contributed by atoms with van der Waals surface area (Å²) in [5.41, 5.74) is 8.35. The van der Waals surface area contributed by atoms with Gasteiger partial charge in [-0.3, -0.25) is 0 Å². The second-order valence-corrected chi connectivity index (χ2v) is 10.4. The van der Waals surface area contributed by atoms with Crippen LogP contribution in [-0.2, 0) is 16.6 Å². The van der Waals surface area contributed by atoms with Crippen molar-refractivity contribution in [1.82, 2.24) is 30.2 Å². The predicted octanol–water partition coefficient (Wildman–Crippen LogP) is 0.869. The van der Waals surface area contributed by atoms with Crippen molar-refractivity contribution in [3.8, 4) is 23.0 Å². The van der Waals surface area contributed by atoms with E-state index in [4.69, 9.17) is 10.2 Å². The van der Waals surface area contributed by atoms with Crippen LogP contribution in [0.25, 0.3) is 23.0 Å². The maximum atomic E-state index is 11.8. The molecule has 5 rings (SSSR count). The van der Waals surface area contributed by atoms with Gasteiger partial charge in [0.05, 0.1) is 11.9 Å². The summed E-state index contributed by atoms with van der Waals surface area (Å²) in [6.45, 7) is 3.82. The molecule has 174 valence electrons. The number of nitrogens with two attached hydrogens (primary N) is 1. The molecule has 1 aliphatic heterocycles. The molecule has 3 heterocycles. The van der Waals surface area contributed by atoms with E-state index in [1.165, 1.54) is 0 Å². The molecule has 4 N–H and O–H groups in total. The molecule has 0 radical (unpaired) electrons. The predicted molar refractivity (Wildman–Crippen MR) is 124 cm³/mol. The standard InChI is InChI=1S/C21H26N8O3S/c1-3-33(30,31)28-17-14-10-29(11-15(14)17)16-9-24-19(22)18(25-16)21-27-26-20(32-21)13-6-4-12(5-7-13)8-23-2/h4-7,9,14-15,17,23,28H,3,8,10-11H2,1-2H3,(H2,22,24)/t14-,15?,17?/m0/s1. The van der Waals surface area contributed by atoms with Gasteiger partial charge in [0.1, 0.15) is 5.82 Å². The number of fused-ring (bicyclic) bond motifs is 1. The highest BCUT2D eigenvalue weighted by atomic mass is 32.2. The van der Waals surface area contributed by atoms with E-state index < -0.39 is 10.0 Å². The van der Waals surface area contributed by atoms with Gasteiger partial charge in [0, 0.05) is 31.2 Å². The van der Waals surface area contributed by atoms with Gasteiger partial charge >= 0.3 is 0 Å². The van der Waals surface area contributed by atoms with E-state index in [0.29, 0.717) is 30.5 Å². The number of anilines is 2. The molecule has 3 aromatic rings. The van der Waals surface area contributed by atoms with Gasteiger partial charge in [0.15, 0.2) is 11.5 Å². The number of aromatic nitrogens is 4. The van der Waals surface area contributed by atoms with E-state index in [0.717, 1.165) is 17.7 Å². The monoisotopic (exact) mass is 470 g/mol. The van der Waals surface area contributed by atoms with Gasteiger partial charge in [0.2, 0.25) is 15.9 Å². The lowest BCUT2D eigenvalue weighted by Crippen LogP contribution is -2.35. The van der Waals surface area contributed by atoms with Crippen LogP contribution in [0, 0.1) is 11.8 Å². The van der Waals surface area contributed by atoms with Gasteiger partial charge in [-0.2, -0.15) is 0 Å². The van der Waals surface area contributed by atoms with Crippen LogP contribution in [0.15, 0.2) is 34.9 Å². The lowest BCUT2D eigenvalue weighted by Gasteiger charge is -2.21. The second-order valence-electron chi connectivity index (χ2n) is 8.38. The van der Waals surface area contributed by atoms with Crippen LogP contribution in [0.4, 0.5) is 11.6 Å². The summed E-state index contributed by atoms with van der Waals surface area (Å²) in [5.74, 6) is 2.07. The molecule has 2 fully saturated rings. The van der Waals surface area contributed by atoms with Crippen molar-refractivity contribution in [2.45, 2.75) is 19.5 Å². The number of rotatable bonds is 8. The Kier molecular flexibility index (Phi) is 5.51. The fourth-order valence-corrected chi connectivity index (χ4v) is 5.21. The summed E-state index contributed by atoms with van der Waals surface area (Å²) in [5, 5.41) is 11.4. The van der Waals surface area contributed by atoms with Crippen molar-refractivity contribution in [2.75, 3.05) is 36.5 Å². The third-order valence-corrected chi connectivity index (χ3v) is 7.60. The first kappa shape index (κ1) is 21.7. The van der Waals surface area contributed by atoms with Crippen molar-refractivity contribution in [2.24, 2.45) is 11.8 Å². The molecular formula is C21H26N8O3S. The molecule has 1 aromatic carbocycles. The molecule has 0 bridgehead atoms. The molecule has 1 aliphatic carbocycles. The van der Waals surface area contributed by atoms with Crippen molar-refractivity contribution < 1.29 is 12.8 Å². The lowest BCUT2D eigenvalue weighted by atomic mass is 10.1. The molecule has 3 atom stereocenters. The highest BCUT2D eigenvalue weighted by Crippen LogP contribution is 2.47. The zero-order chi connectivity index (χ0) is 23.2. The smallest absolute Gasteiger partial charge is 0.270 e. The Bertz CT molecular complexity index is 1250. The molecule has 2 aliphatic rings. The molecule has 1 saturated heterocycles. The van der Waals surface area contributed by atoms with E-state index in [9.17, 15) is 8.42 Å². The minimum atomic E-state index is -3.20. The van der Waals surface area contributed by atoms with Crippen molar-refractivity contribution in [3.63, 3.8) is 0 Å². The number of sulfonamides is 1. The van der Waals surface area contributed by atoms with Crippen molar-refractivity contribution in [3.05, 3.63) is 36.0 Å². The SMILES string of the molecule is CCS(=O)(=O)NC1C2CN(c3cnc(N)c(-c4nnc(-c5ccc(CNC)cc5)o4)n3)C[C@@H]21. The van der Waals surface area contributed by atoms with Crippen LogP contribution in [0.5, 0.6) is 0 Å². The number of hydrogen-bond donors (Lipinski definition) is 3. The van der Waals surface area contributed by atoms with Gasteiger partial charge in [-0.15, -0.1) is 10.2 Å². The van der Waals surface area contributed by atoms with Gasteiger partial charge in [-0.05, 0) is 43.5 Å². The summed E-state index contributed by atoms with van der Waals surface area (Å²) in [4.78, 5) is 11.0. The highest BCUT2D eigenvalue weighted by Gasteiger charge is 2.57. The van der Waals surface area contributed by atoms with Gasteiger partial charge < -0.3 is 20.4 Å². The van der Waals surface area contributed by atoms with E-state index >= 15 is 0 Å². The van der Waals surface area contributed by atoms with Crippen LogP contribution >= 0.6 is 0 Å². The van der Waals surface area contributed by atoms with Crippen LogP contribution in [0.3, 0.4) is 0 Å². The van der Waals surface area contributed by atoms with E-state index in [1.54, 1.807) is 13.1 Å². The average Bonchev–Trinajstić information content (AvgIpc) is 3.20.